The molecule has 2 rings (SSSR count). The van der Waals surface area contributed by atoms with Crippen LogP contribution in [0.2, 0.25) is 0 Å². The first-order chi connectivity index (χ1) is 13.8. The fourth-order valence-corrected chi connectivity index (χ4v) is 4.24. The number of nitrogens with one attached hydrogen (secondary N) is 2. The molecule has 0 bridgehead atoms. The zero-order chi connectivity index (χ0) is 21.4. The van der Waals surface area contributed by atoms with Crippen molar-refractivity contribution in [3.05, 3.63) is 53.6 Å². The van der Waals surface area contributed by atoms with Crippen LogP contribution in [-0.4, -0.2) is 41.1 Å². The van der Waals surface area contributed by atoms with Gasteiger partial charge in [0, 0.05) is 18.2 Å². The number of carbonyl (C=O) groups excluding carboxylic acids is 1. The molecular weight excluding hydrogens is 392 g/mol. The zero-order valence-corrected chi connectivity index (χ0v) is 18.0. The molecule has 8 heteroatoms. The molecule has 1 amide bonds. The number of carbonyl (C=O) groups is 1. The van der Waals surface area contributed by atoms with Gasteiger partial charge in [-0.1, -0.05) is 12.1 Å². The van der Waals surface area contributed by atoms with Crippen molar-refractivity contribution in [2.75, 3.05) is 20.8 Å². The van der Waals surface area contributed by atoms with E-state index in [4.69, 9.17) is 9.47 Å². The van der Waals surface area contributed by atoms with Gasteiger partial charge in [-0.25, -0.2) is 13.1 Å². The van der Waals surface area contributed by atoms with Crippen molar-refractivity contribution in [3.63, 3.8) is 0 Å². The maximum Gasteiger partial charge on any atom is 0.251 e. The maximum atomic E-state index is 12.5. The van der Waals surface area contributed by atoms with Gasteiger partial charge in [0.15, 0.2) is 0 Å². The second kappa shape index (κ2) is 10.3. The molecular formula is C21H28N2O5S. The summed E-state index contributed by atoms with van der Waals surface area (Å²) in [6.07, 6.45) is 1.57. The van der Waals surface area contributed by atoms with Crippen LogP contribution in [0.1, 0.15) is 36.2 Å². The van der Waals surface area contributed by atoms with Crippen LogP contribution in [-0.2, 0) is 16.4 Å². The predicted molar refractivity (Wildman–Crippen MR) is 112 cm³/mol. The van der Waals surface area contributed by atoms with Gasteiger partial charge in [0.2, 0.25) is 10.0 Å². The van der Waals surface area contributed by atoms with Crippen LogP contribution < -0.4 is 19.5 Å². The van der Waals surface area contributed by atoms with Crippen molar-refractivity contribution in [2.24, 2.45) is 0 Å². The summed E-state index contributed by atoms with van der Waals surface area (Å²) in [5, 5.41) is 2.83. The van der Waals surface area contributed by atoms with E-state index in [1.165, 1.54) is 19.2 Å². The fourth-order valence-electron chi connectivity index (χ4n) is 2.79. The maximum absolute atomic E-state index is 12.5. The zero-order valence-electron chi connectivity index (χ0n) is 17.2. The number of hydrogen-bond donors (Lipinski definition) is 2. The Morgan fingerprint density at radius 2 is 1.72 bits per heavy atom. The van der Waals surface area contributed by atoms with E-state index in [-0.39, 0.29) is 28.2 Å². The number of methoxy groups -OCH3 is 2. The Balaban J connectivity index is 2.00. The van der Waals surface area contributed by atoms with Crippen LogP contribution in [0, 0.1) is 0 Å². The molecule has 7 nitrogen and oxygen atoms in total. The van der Waals surface area contributed by atoms with Gasteiger partial charge in [-0.3, -0.25) is 4.79 Å². The molecule has 2 N–H and O–H groups in total. The van der Waals surface area contributed by atoms with E-state index in [0.717, 1.165) is 24.2 Å². The average Bonchev–Trinajstić information content (AvgIpc) is 2.70. The van der Waals surface area contributed by atoms with Crippen molar-refractivity contribution >= 4 is 15.9 Å². The first-order valence-corrected chi connectivity index (χ1v) is 10.9. The number of aryl methyl sites for hydroxylation is 1. The third-order valence-electron chi connectivity index (χ3n) is 4.19. The van der Waals surface area contributed by atoms with Gasteiger partial charge in [0.25, 0.3) is 5.91 Å². The normalized spacial score (nSPS) is 11.3. The second-order valence-corrected chi connectivity index (χ2v) is 8.53. The Morgan fingerprint density at radius 3 is 2.31 bits per heavy atom. The average molecular weight is 421 g/mol. The fraction of sp³-hybridized carbons (Fsp3) is 0.381. The molecule has 0 aliphatic rings. The van der Waals surface area contributed by atoms with Crippen LogP contribution in [0.15, 0.2) is 47.4 Å². The molecule has 0 heterocycles. The molecule has 0 aliphatic heterocycles. The summed E-state index contributed by atoms with van der Waals surface area (Å²) in [6, 6.07) is 11.9. The number of benzene rings is 2. The standard InChI is InChI=1S/C21H28N2O5S/c1-15(2)23-29(25,26)20-14-17(9-12-19(20)28-4)21(24)22-13-5-6-16-7-10-18(27-3)11-8-16/h7-12,14-15,23H,5-6,13H2,1-4H3,(H,22,24). The highest BCUT2D eigenvalue weighted by Crippen LogP contribution is 2.25. The number of rotatable bonds is 10. The lowest BCUT2D eigenvalue weighted by atomic mass is 10.1. The lowest BCUT2D eigenvalue weighted by Crippen LogP contribution is -2.31. The van der Waals surface area contributed by atoms with E-state index in [0.29, 0.717) is 6.54 Å². The largest absolute Gasteiger partial charge is 0.497 e. The number of amides is 1. The Hall–Kier alpha value is -2.58. The molecule has 0 fully saturated rings. The molecule has 0 saturated heterocycles. The second-order valence-electron chi connectivity index (χ2n) is 6.85. The van der Waals surface area contributed by atoms with Crippen molar-refractivity contribution in [2.45, 2.75) is 37.6 Å². The van der Waals surface area contributed by atoms with Gasteiger partial charge in [-0.05, 0) is 62.6 Å². The molecule has 2 aromatic carbocycles. The van der Waals surface area contributed by atoms with Crippen molar-refractivity contribution in [3.8, 4) is 11.5 Å². The molecule has 0 atom stereocenters. The Morgan fingerprint density at radius 1 is 1.03 bits per heavy atom. The molecule has 0 saturated carbocycles. The highest BCUT2D eigenvalue weighted by Gasteiger charge is 2.22. The monoisotopic (exact) mass is 420 g/mol. The summed E-state index contributed by atoms with van der Waals surface area (Å²) in [5.41, 5.74) is 1.41. The molecule has 0 aromatic heterocycles. The van der Waals surface area contributed by atoms with Crippen molar-refractivity contribution in [1.82, 2.24) is 10.0 Å². The summed E-state index contributed by atoms with van der Waals surface area (Å²) in [7, 11) is -0.775. The molecule has 2 aromatic rings. The summed E-state index contributed by atoms with van der Waals surface area (Å²) in [4.78, 5) is 12.4. The highest BCUT2D eigenvalue weighted by atomic mass is 32.2. The minimum atomic E-state index is -3.79. The van der Waals surface area contributed by atoms with Crippen LogP contribution >= 0.6 is 0 Å². The third kappa shape index (κ3) is 6.47. The van der Waals surface area contributed by atoms with Gasteiger partial charge in [-0.15, -0.1) is 0 Å². The molecule has 0 unspecified atom stereocenters. The number of ether oxygens (including phenoxy) is 2. The molecule has 0 radical (unpaired) electrons. The van der Waals surface area contributed by atoms with E-state index >= 15 is 0 Å². The number of hydrogen-bond acceptors (Lipinski definition) is 5. The van der Waals surface area contributed by atoms with E-state index in [1.54, 1.807) is 27.0 Å². The van der Waals surface area contributed by atoms with Gasteiger partial charge in [0.05, 0.1) is 14.2 Å². The number of sulfonamides is 1. The Kier molecular flexibility index (Phi) is 8.04. The topological polar surface area (TPSA) is 93.7 Å². The Labute approximate surface area is 172 Å². The predicted octanol–water partition coefficient (Wildman–Crippen LogP) is 2.75. The first-order valence-electron chi connectivity index (χ1n) is 9.38. The molecule has 0 aliphatic carbocycles. The van der Waals surface area contributed by atoms with Gasteiger partial charge in [0.1, 0.15) is 16.4 Å². The Bertz CT molecular complexity index is 925. The van der Waals surface area contributed by atoms with E-state index < -0.39 is 10.0 Å². The van der Waals surface area contributed by atoms with Gasteiger partial charge < -0.3 is 14.8 Å². The van der Waals surface area contributed by atoms with E-state index in [1.807, 2.05) is 24.3 Å². The lowest BCUT2D eigenvalue weighted by molar-refractivity contribution is 0.0953. The van der Waals surface area contributed by atoms with Crippen LogP contribution in [0.3, 0.4) is 0 Å². The summed E-state index contributed by atoms with van der Waals surface area (Å²) in [6.45, 7) is 3.93. The molecule has 29 heavy (non-hydrogen) atoms. The molecule has 158 valence electrons. The van der Waals surface area contributed by atoms with E-state index in [2.05, 4.69) is 10.0 Å². The summed E-state index contributed by atoms with van der Waals surface area (Å²) >= 11 is 0. The van der Waals surface area contributed by atoms with Crippen LogP contribution in [0.4, 0.5) is 0 Å². The summed E-state index contributed by atoms with van der Waals surface area (Å²) in [5.74, 6) is 0.664. The lowest BCUT2D eigenvalue weighted by Gasteiger charge is -2.14. The first kappa shape index (κ1) is 22.7. The smallest absolute Gasteiger partial charge is 0.251 e. The van der Waals surface area contributed by atoms with Gasteiger partial charge >= 0.3 is 0 Å². The summed E-state index contributed by atoms with van der Waals surface area (Å²) < 4.78 is 37.8. The van der Waals surface area contributed by atoms with Crippen molar-refractivity contribution in [1.29, 1.82) is 0 Å². The van der Waals surface area contributed by atoms with Gasteiger partial charge in [-0.2, -0.15) is 0 Å². The quantitative estimate of drug-likeness (QED) is 0.577. The van der Waals surface area contributed by atoms with Crippen LogP contribution in [0.5, 0.6) is 11.5 Å². The highest BCUT2D eigenvalue weighted by molar-refractivity contribution is 7.89. The molecule has 0 spiro atoms. The minimum absolute atomic E-state index is 0.0559. The third-order valence-corrected chi connectivity index (χ3v) is 5.87. The SMILES string of the molecule is COc1ccc(CCCNC(=O)c2ccc(OC)c(S(=O)(=O)NC(C)C)c2)cc1. The van der Waals surface area contributed by atoms with Crippen LogP contribution in [0.25, 0.3) is 0 Å². The van der Waals surface area contributed by atoms with Crippen molar-refractivity contribution < 1.29 is 22.7 Å². The minimum Gasteiger partial charge on any atom is -0.497 e. The van der Waals surface area contributed by atoms with E-state index in [9.17, 15) is 13.2 Å².